The van der Waals surface area contributed by atoms with Crippen LogP contribution in [0.1, 0.15) is 11.3 Å². The van der Waals surface area contributed by atoms with Crippen LogP contribution in [0.2, 0.25) is 0 Å². The summed E-state index contributed by atoms with van der Waals surface area (Å²) in [6.45, 7) is 0.989. The molecule has 0 fully saturated rings. The van der Waals surface area contributed by atoms with Gasteiger partial charge in [0, 0.05) is 43.7 Å². The van der Waals surface area contributed by atoms with E-state index in [-0.39, 0.29) is 6.03 Å². The van der Waals surface area contributed by atoms with Gasteiger partial charge in [0.05, 0.1) is 6.20 Å². The van der Waals surface area contributed by atoms with Gasteiger partial charge in [-0.05, 0) is 12.1 Å². The number of carbonyl (C=O) groups is 1. The third-order valence-corrected chi connectivity index (χ3v) is 3.34. The van der Waals surface area contributed by atoms with Gasteiger partial charge in [-0.1, -0.05) is 18.2 Å². The van der Waals surface area contributed by atoms with Crippen molar-refractivity contribution in [3.63, 3.8) is 0 Å². The molecule has 2 N–H and O–H groups in total. The van der Waals surface area contributed by atoms with Gasteiger partial charge in [0.1, 0.15) is 11.3 Å². The molecule has 3 rings (SSSR count). The first-order valence-corrected chi connectivity index (χ1v) is 7.17. The van der Waals surface area contributed by atoms with E-state index in [1.54, 1.807) is 10.9 Å². The highest BCUT2D eigenvalue weighted by atomic mass is 16.3. The van der Waals surface area contributed by atoms with E-state index in [9.17, 15) is 4.79 Å². The minimum Gasteiger partial charge on any atom is -0.461 e. The molecule has 0 bridgehead atoms. The molecule has 2 amide bonds. The Kier molecular flexibility index (Phi) is 4.09. The number of nitrogens with zero attached hydrogens (tertiary/aromatic N) is 2. The number of furan rings is 1. The van der Waals surface area contributed by atoms with E-state index >= 15 is 0 Å². The number of aryl methyl sites for hydroxylation is 1. The zero-order chi connectivity index (χ0) is 15.4. The van der Waals surface area contributed by atoms with Crippen molar-refractivity contribution in [2.45, 2.75) is 13.0 Å². The smallest absolute Gasteiger partial charge is 0.315 e. The monoisotopic (exact) mass is 298 g/mol. The average molecular weight is 298 g/mol. The Balaban J connectivity index is 1.43. The summed E-state index contributed by atoms with van der Waals surface area (Å²) in [6, 6.07) is 9.68. The van der Waals surface area contributed by atoms with E-state index in [1.807, 2.05) is 43.6 Å². The third-order valence-electron chi connectivity index (χ3n) is 3.34. The summed E-state index contributed by atoms with van der Waals surface area (Å²) in [5, 5.41) is 10.7. The van der Waals surface area contributed by atoms with Gasteiger partial charge in [-0.2, -0.15) is 5.10 Å². The van der Waals surface area contributed by atoms with Crippen LogP contribution in [-0.4, -0.2) is 22.4 Å². The van der Waals surface area contributed by atoms with Gasteiger partial charge in [-0.25, -0.2) is 4.79 Å². The third kappa shape index (κ3) is 3.46. The molecule has 6 heteroatoms. The van der Waals surface area contributed by atoms with Crippen molar-refractivity contribution in [3.05, 3.63) is 54.0 Å². The quantitative estimate of drug-likeness (QED) is 0.758. The maximum Gasteiger partial charge on any atom is 0.315 e. The van der Waals surface area contributed by atoms with Crippen LogP contribution >= 0.6 is 0 Å². The Morgan fingerprint density at radius 1 is 1.32 bits per heavy atom. The number of nitrogens with one attached hydrogen (secondary N) is 2. The molecule has 1 aromatic carbocycles. The summed E-state index contributed by atoms with van der Waals surface area (Å²) in [5.41, 5.74) is 1.84. The van der Waals surface area contributed by atoms with Crippen LogP contribution in [-0.2, 0) is 20.0 Å². The SMILES string of the molecule is Cn1cc(CNC(=O)NCCc2cc3ccccc3o2)cn1. The fraction of sp³-hybridized carbons (Fsp3) is 0.250. The number of fused-ring (bicyclic) bond motifs is 1. The predicted molar refractivity (Wildman–Crippen MR) is 83.4 cm³/mol. The summed E-state index contributed by atoms with van der Waals surface area (Å²) in [4.78, 5) is 11.7. The molecular formula is C16H18N4O2. The molecule has 0 saturated heterocycles. The van der Waals surface area contributed by atoms with Crippen LogP contribution in [0.15, 0.2) is 47.1 Å². The van der Waals surface area contributed by atoms with Crippen LogP contribution in [0.25, 0.3) is 11.0 Å². The maximum atomic E-state index is 11.7. The van der Waals surface area contributed by atoms with Gasteiger partial charge in [0.2, 0.25) is 0 Å². The number of hydrogen-bond acceptors (Lipinski definition) is 3. The Hall–Kier alpha value is -2.76. The second kappa shape index (κ2) is 6.34. The Morgan fingerprint density at radius 2 is 2.18 bits per heavy atom. The summed E-state index contributed by atoms with van der Waals surface area (Å²) >= 11 is 0. The zero-order valence-electron chi connectivity index (χ0n) is 12.4. The van der Waals surface area contributed by atoms with E-state index in [0.29, 0.717) is 19.5 Å². The Morgan fingerprint density at radius 3 is 2.95 bits per heavy atom. The van der Waals surface area contributed by atoms with Gasteiger partial charge in [-0.15, -0.1) is 0 Å². The van der Waals surface area contributed by atoms with Crippen LogP contribution in [0, 0.1) is 0 Å². The predicted octanol–water partition coefficient (Wildman–Crippen LogP) is 2.21. The fourth-order valence-corrected chi connectivity index (χ4v) is 2.27. The molecule has 0 radical (unpaired) electrons. The second-order valence-corrected chi connectivity index (χ2v) is 5.13. The van der Waals surface area contributed by atoms with Crippen molar-refractivity contribution in [1.29, 1.82) is 0 Å². The van der Waals surface area contributed by atoms with Crippen LogP contribution in [0.3, 0.4) is 0 Å². The molecule has 6 nitrogen and oxygen atoms in total. The number of aromatic nitrogens is 2. The molecule has 114 valence electrons. The van der Waals surface area contributed by atoms with Gasteiger partial charge < -0.3 is 15.1 Å². The molecular weight excluding hydrogens is 280 g/mol. The normalized spacial score (nSPS) is 10.8. The van der Waals surface area contributed by atoms with E-state index in [1.165, 1.54) is 0 Å². The standard InChI is InChI=1S/C16H18N4O2/c1-20-11-12(10-19-20)9-18-16(21)17-7-6-14-8-13-4-2-3-5-15(13)22-14/h2-5,8,10-11H,6-7,9H2,1H3,(H2,17,18,21). The molecule has 2 aromatic heterocycles. The van der Waals surface area contributed by atoms with Gasteiger partial charge >= 0.3 is 6.03 Å². The number of benzene rings is 1. The number of urea groups is 1. The lowest BCUT2D eigenvalue weighted by Gasteiger charge is -2.05. The van der Waals surface area contributed by atoms with Crippen molar-refractivity contribution in [1.82, 2.24) is 20.4 Å². The number of carbonyl (C=O) groups excluding carboxylic acids is 1. The molecule has 0 unspecified atom stereocenters. The minimum absolute atomic E-state index is 0.194. The number of para-hydroxylation sites is 1. The van der Waals surface area contributed by atoms with Crippen molar-refractivity contribution < 1.29 is 9.21 Å². The van der Waals surface area contributed by atoms with Crippen molar-refractivity contribution >= 4 is 17.0 Å². The van der Waals surface area contributed by atoms with E-state index in [0.717, 1.165) is 22.3 Å². The molecule has 0 aliphatic carbocycles. The number of amides is 2. The summed E-state index contributed by atoms with van der Waals surface area (Å²) in [6.07, 6.45) is 4.26. The van der Waals surface area contributed by atoms with E-state index in [2.05, 4.69) is 15.7 Å². The van der Waals surface area contributed by atoms with Crippen molar-refractivity contribution in [3.8, 4) is 0 Å². The Bertz CT molecular complexity index is 742. The van der Waals surface area contributed by atoms with E-state index in [4.69, 9.17) is 4.42 Å². The topological polar surface area (TPSA) is 72.1 Å². The van der Waals surface area contributed by atoms with E-state index < -0.39 is 0 Å². The summed E-state index contributed by atoms with van der Waals surface area (Å²) in [5.74, 6) is 0.869. The van der Waals surface area contributed by atoms with Crippen LogP contribution in [0.4, 0.5) is 4.79 Å². The highest BCUT2D eigenvalue weighted by Gasteiger charge is 2.05. The molecule has 0 saturated carbocycles. The Labute approximate surface area is 128 Å². The van der Waals surface area contributed by atoms with Crippen molar-refractivity contribution in [2.75, 3.05) is 6.54 Å². The highest BCUT2D eigenvalue weighted by molar-refractivity contribution is 5.77. The number of hydrogen-bond donors (Lipinski definition) is 2. The first kappa shape index (κ1) is 14.2. The minimum atomic E-state index is -0.194. The van der Waals surface area contributed by atoms with Gasteiger partial charge in [-0.3, -0.25) is 4.68 Å². The van der Waals surface area contributed by atoms with Gasteiger partial charge in [0.15, 0.2) is 0 Å². The van der Waals surface area contributed by atoms with Crippen LogP contribution < -0.4 is 10.6 Å². The lowest BCUT2D eigenvalue weighted by molar-refractivity contribution is 0.240. The first-order chi connectivity index (χ1) is 10.7. The summed E-state index contributed by atoms with van der Waals surface area (Å²) in [7, 11) is 1.84. The molecule has 22 heavy (non-hydrogen) atoms. The first-order valence-electron chi connectivity index (χ1n) is 7.17. The fourth-order valence-electron chi connectivity index (χ4n) is 2.27. The molecule has 0 aliphatic rings. The second-order valence-electron chi connectivity index (χ2n) is 5.13. The average Bonchev–Trinajstić information content (AvgIpc) is 3.10. The molecule has 0 aliphatic heterocycles. The number of rotatable bonds is 5. The van der Waals surface area contributed by atoms with Crippen molar-refractivity contribution in [2.24, 2.45) is 7.05 Å². The largest absolute Gasteiger partial charge is 0.461 e. The molecule has 2 heterocycles. The lowest BCUT2D eigenvalue weighted by Crippen LogP contribution is -2.36. The van der Waals surface area contributed by atoms with Crippen LogP contribution in [0.5, 0.6) is 0 Å². The molecule has 3 aromatic rings. The summed E-state index contributed by atoms with van der Waals surface area (Å²) < 4.78 is 7.40. The zero-order valence-corrected chi connectivity index (χ0v) is 12.4. The molecule has 0 spiro atoms. The van der Waals surface area contributed by atoms with Gasteiger partial charge in [0.25, 0.3) is 0 Å². The lowest BCUT2D eigenvalue weighted by atomic mass is 10.2. The maximum absolute atomic E-state index is 11.7. The highest BCUT2D eigenvalue weighted by Crippen LogP contribution is 2.18. The molecule has 0 atom stereocenters.